The van der Waals surface area contributed by atoms with E-state index in [1.165, 1.54) is 12.8 Å². The number of fused-ring (bicyclic) bond motifs is 1. The van der Waals surface area contributed by atoms with Crippen molar-refractivity contribution < 1.29 is 19.4 Å². The number of ether oxygens (including phenoxy) is 2. The van der Waals surface area contributed by atoms with E-state index in [4.69, 9.17) is 14.6 Å². The Morgan fingerprint density at radius 2 is 1.81 bits per heavy atom. The van der Waals surface area contributed by atoms with E-state index >= 15 is 0 Å². The molecule has 1 saturated heterocycles. The minimum absolute atomic E-state index is 0.111. The number of likely N-dealkylation sites (tertiary alicyclic amines) is 1. The lowest BCUT2D eigenvalue weighted by Gasteiger charge is -2.24. The molecule has 0 saturated carbocycles. The fourth-order valence-corrected chi connectivity index (χ4v) is 4.89. The van der Waals surface area contributed by atoms with Crippen molar-refractivity contribution in [2.24, 2.45) is 0 Å². The maximum absolute atomic E-state index is 11.1. The van der Waals surface area contributed by atoms with Crippen molar-refractivity contribution in [1.29, 1.82) is 0 Å². The highest BCUT2D eigenvalue weighted by molar-refractivity contribution is 6.01. The maximum atomic E-state index is 11.1. The second kappa shape index (κ2) is 9.61. The normalized spacial score (nSPS) is 16.4. The van der Waals surface area contributed by atoms with Gasteiger partial charge in [0.25, 0.3) is 0 Å². The lowest BCUT2D eigenvalue weighted by Crippen LogP contribution is -2.26. The molecule has 0 radical (unpaired) electrons. The van der Waals surface area contributed by atoms with E-state index in [2.05, 4.69) is 36.1 Å². The van der Waals surface area contributed by atoms with Crippen LogP contribution in [0.25, 0.3) is 21.9 Å². The molecule has 1 unspecified atom stereocenters. The van der Waals surface area contributed by atoms with Gasteiger partial charge in [-0.2, -0.15) is 0 Å². The van der Waals surface area contributed by atoms with Crippen LogP contribution in [0.4, 0.5) is 0 Å². The lowest BCUT2D eigenvalue weighted by molar-refractivity contribution is -0.136. The number of hydrogen-bond donors (Lipinski definition) is 1. The highest BCUT2D eigenvalue weighted by Gasteiger charge is 2.24. The molecule has 168 valence electrons. The molecule has 1 aliphatic heterocycles. The Labute approximate surface area is 189 Å². The van der Waals surface area contributed by atoms with Gasteiger partial charge in [0, 0.05) is 24.6 Å². The van der Waals surface area contributed by atoms with Crippen LogP contribution in [0.1, 0.15) is 37.3 Å². The van der Waals surface area contributed by atoms with Crippen LogP contribution in [0, 0.1) is 0 Å². The largest absolute Gasteiger partial charge is 0.496 e. The molecule has 0 aromatic heterocycles. The van der Waals surface area contributed by atoms with E-state index in [0.29, 0.717) is 12.5 Å². The van der Waals surface area contributed by atoms with Gasteiger partial charge in [-0.3, -0.25) is 9.69 Å². The van der Waals surface area contributed by atoms with Crippen molar-refractivity contribution in [2.45, 2.75) is 45.2 Å². The van der Waals surface area contributed by atoms with Gasteiger partial charge in [-0.05, 0) is 60.7 Å². The highest BCUT2D eigenvalue weighted by atomic mass is 16.5. The molecule has 1 atom stereocenters. The van der Waals surface area contributed by atoms with Crippen molar-refractivity contribution in [1.82, 2.24) is 4.90 Å². The van der Waals surface area contributed by atoms with Gasteiger partial charge < -0.3 is 14.6 Å². The average Bonchev–Trinajstić information content (AvgIpc) is 3.21. The van der Waals surface area contributed by atoms with Crippen molar-refractivity contribution in [2.75, 3.05) is 20.8 Å². The number of benzene rings is 3. The van der Waals surface area contributed by atoms with E-state index in [1.54, 1.807) is 14.2 Å². The van der Waals surface area contributed by atoms with E-state index in [-0.39, 0.29) is 6.42 Å². The zero-order chi connectivity index (χ0) is 22.7. The maximum Gasteiger partial charge on any atom is 0.303 e. The Balaban J connectivity index is 1.85. The third kappa shape index (κ3) is 4.30. The smallest absolute Gasteiger partial charge is 0.303 e. The molecule has 1 heterocycles. The first-order chi connectivity index (χ1) is 15.5. The first-order valence-corrected chi connectivity index (χ1v) is 11.2. The standard InChI is InChI=1S/C27H31NO4/c1-18-7-6-16-28(18)17-20-12-14-24(31-2)26(27(20)32-3)23-11-5-9-21-19(13-15-25(29)30)8-4-10-22(21)23/h4-5,8-12,14,18H,6-7,13,15-17H2,1-3H3,(H,29,30). The zero-order valence-electron chi connectivity index (χ0n) is 19.1. The molecule has 1 fully saturated rings. The van der Waals surface area contributed by atoms with Crippen LogP contribution < -0.4 is 9.47 Å². The fourth-order valence-electron chi connectivity index (χ4n) is 4.89. The van der Waals surface area contributed by atoms with Crippen LogP contribution in [-0.4, -0.2) is 42.8 Å². The first-order valence-electron chi connectivity index (χ1n) is 11.2. The molecule has 0 spiro atoms. The van der Waals surface area contributed by atoms with Crippen molar-refractivity contribution in [3.05, 3.63) is 59.7 Å². The van der Waals surface area contributed by atoms with Crippen molar-refractivity contribution >= 4 is 16.7 Å². The van der Waals surface area contributed by atoms with E-state index in [9.17, 15) is 4.79 Å². The molecule has 1 aliphatic rings. The molecule has 0 bridgehead atoms. The van der Waals surface area contributed by atoms with E-state index < -0.39 is 5.97 Å². The molecule has 32 heavy (non-hydrogen) atoms. The number of aliphatic carboxylic acids is 1. The molecule has 0 amide bonds. The molecule has 5 nitrogen and oxygen atoms in total. The van der Waals surface area contributed by atoms with Crippen LogP contribution in [0.2, 0.25) is 0 Å². The number of aryl methyl sites for hydroxylation is 1. The first kappa shape index (κ1) is 22.2. The second-order valence-electron chi connectivity index (χ2n) is 8.51. The summed E-state index contributed by atoms with van der Waals surface area (Å²) in [6.45, 7) is 4.23. The summed E-state index contributed by atoms with van der Waals surface area (Å²) in [5.41, 5.74) is 4.16. The molecule has 3 aromatic carbocycles. The van der Waals surface area contributed by atoms with E-state index in [0.717, 1.165) is 57.6 Å². The van der Waals surface area contributed by atoms with Gasteiger partial charge in [0.1, 0.15) is 11.5 Å². The molecule has 5 heteroatoms. The molecular weight excluding hydrogens is 402 g/mol. The Morgan fingerprint density at radius 3 is 2.50 bits per heavy atom. The minimum atomic E-state index is -0.787. The Hall–Kier alpha value is -3.05. The van der Waals surface area contributed by atoms with Crippen LogP contribution in [-0.2, 0) is 17.8 Å². The van der Waals surface area contributed by atoms with Crippen LogP contribution in [0.15, 0.2) is 48.5 Å². The summed E-state index contributed by atoms with van der Waals surface area (Å²) in [4.78, 5) is 13.6. The van der Waals surface area contributed by atoms with Gasteiger partial charge in [-0.25, -0.2) is 0 Å². The van der Waals surface area contributed by atoms with Gasteiger partial charge in [0.2, 0.25) is 0 Å². The number of carbonyl (C=O) groups is 1. The summed E-state index contributed by atoms with van der Waals surface area (Å²) in [7, 11) is 3.41. The second-order valence-corrected chi connectivity index (χ2v) is 8.51. The summed E-state index contributed by atoms with van der Waals surface area (Å²) in [6, 6.07) is 17.0. The third-order valence-electron chi connectivity index (χ3n) is 6.58. The SMILES string of the molecule is COc1ccc(CN2CCCC2C)c(OC)c1-c1cccc2c(CCC(=O)O)cccc12. The summed E-state index contributed by atoms with van der Waals surface area (Å²) >= 11 is 0. The summed E-state index contributed by atoms with van der Waals surface area (Å²) in [5, 5.41) is 11.3. The topological polar surface area (TPSA) is 59.0 Å². The third-order valence-corrected chi connectivity index (χ3v) is 6.58. The quantitative estimate of drug-likeness (QED) is 0.506. The van der Waals surface area contributed by atoms with Gasteiger partial charge in [-0.15, -0.1) is 0 Å². The summed E-state index contributed by atoms with van der Waals surface area (Å²) in [6.07, 6.45) is 3.07. The van der Waals surface area contributed by atoms with Crippen molar-refractivity contribution in [3.63, 3.8) is 0 Å². The number of nitrogens with zero attached hydrogens (tertiary/aromatic N) is 1. The summed E-state index contributed by atoms with van der Waals surface area (Å²) in [5.74, 6) is 0.820. The zero-order valence-corrected chi connectivity index (χ0v) is 19.1. The van der Waals surface area contributed by atoms with Crippen LogP contribution >= 0.6 is 0 Å². The number of carboxylic acid groups (broad SMARTS) is 1. The molecule has 1 N–H and O–H groups in total. The lowest BCUT2D eigenvalue weighted by atomic mass is 9.92. The number of methoxy groups -OCH3 is 2. The monoisotopic (exact) mass is 433 g/mol. The Morgan fingerprint density at radius 1 is 1.03 bits per heavy atom. The average molecular weight is 434 g/mol. The number of hydrogen-bond acceptors (Lipinski definition) is 4. The fraction of sp³-hybridized carbons (Fsp3) is 0.370. The van der Waals surface area contributed by atoms with Gasteiger partial charge in [-0.1, -0.05) is 42.5 Å². The number of carboxylic acids is 1. The molecule has 3 aromatic rings. The highest BCUT2D eigenvalue weighted by Crippen LogP contribution is 2.44. The van der Waals surface area contributed by atoms with Crippen LogP contribution in [0.3, 0.4) is 0 Å². The van der Waals surface area contributed by atoms with Crippen LogP contribution in [0.5, 0.6) is 11.5 Å². The summed E-state index contributed by atoms with van der Waals surface area (Å²) < 4.78 is 11.8. The van der Waals surface area contributed by atoms with Gasteiger partial charge in [0.15, 0.2) is 0 Å². The van der Waals surface area contributed by atoms with Crippen molar-refractivity contribution in [3.8, 4) is 22.6 Å². The Bertz CT molecular complexity index is 1120. The molecular formula is C27H31NO4. The van der Waals surface area contributed by atoms with Gasteiger partial charge >= 0.3 is 5.97 Å². The Kier molecular flexibility index (Phi) is 6.66. The molecule has 0 aliphatic carbocycles. The minimum Gasteiger partial charge on any atom is -0.496 e. The van der Waals surface area contributed by atoms with Gasteiger partial charge in [0.05, 0.1) is 19.8 Å². The number of rotatable bonds is 8. The predicted molar refractivity (Wildman–Crippen MR) is 128 cm³/mol. The predicted octanol–water partition coefficient (Wildman–Crippen LogP) is 5.53. The molecule has 4 rings (SSSR count). The van der Waals surface area contributed by atoms with E-state index in [1.807, 2.05) is 24.3 Å².